The van der Waals surface area contributed by atoms with E-state index in [-0.39, 0.29) is 35.6 Å². The average molecular weight is 937 g/mol. The second-order valence-electron chi connectivity index (χ2n) is 21.0. The number of ether oxygens (including phenoxy) is 6. The lowest BCUT2D eigenvalue weighted by Gasteiger charge is -2.37. The van der Waals surface area contributed by atoms with Gasteiger partial charge in [0.05, 0.1) is 27.4 Å². The highest BCUT2D eigenvalue weighted by Gasteiger charge is 2.36. The maximum Gasteiger partial charge on any atom is 0.162 e. The summed E-state index contributed by atoms with van der Waals surface area (Å²) in [6.45, 7) is 16.6. The number of carbonyl (C=O) groups is 2. The molecule has 0 aromatic heterocycles. The van der Waals surface area contributed by atoms with Crippen molar-refractivity contribution in [1.29, 1.82) is 0 Å². The zero-order chi connectivity index (χ0) is 48.7. The Morgan fingerprint density at radius 3 is 1.31 bits per heavy atom. The lowest BCUT2D eigenvalue weighted by atomic mass is 9.75. The van der Waals surface area contributed by atoms with Gasteiger partial charge in [-0.05, 0) is 148 Å². The zero-order valence-corrected chi connectivity index (χ0v) is 43.3. The summed E-state index contributed by atoms with van der Waals surface area (Å²) in [7, 11) is 3.35. The molecule has 2 aromatic rings. The molecule has 8 nitrogen and oxygen atoms in total. The number of methoxy groups -OCH3 is 2. The summed E-state index contributed by atoms with van der Waals surface area (Å²) in [6.07, 6.45) is 29.6. The van der Waals surface area contributed by atoms with Gasteiger partial charge in [-0.25, -0.2) is 0 Å². The summed E-state index contributed by atoms with van der Waals surface area (Å²) in [5.74, 6) is 8.03. The summed E-state index contributed by atoms with van der Waals surface area (Å²) < 4.78 is 34.7. The Bertz CT molecular complexity index is 1750. The number of allylic oxidation sites excluding steroid dienone is 8. The Hall–Kier alpha value is -4.14. The van der Waals surface area contributed by atoms with Crippen molar-refractivity contribution >= 4 is 11.6 Å². The minimum Gasteiger partial charge on any atom is -0.497 e. The number of unbranched alkanes of at least 4 members (excludes halogenated alkanes) is 4. The van der Waals surface area contributed by atoms with E-state index in [1.54, 1.807) is 26.4 Å². The molecule has 0 spiro atoms. The van der Waals surface area contributed by atoms with Crippen LogP contribution in [-0.4, -0.2) is 51.2 Å². The smallest absolute Gasteiger partial charge is 0.162 e. The van der Waals surface area contributed by atoms with E-state index in [0.29, 0.717) is 48.7 Å². The van der Waals surface area contributed by atoms with Crippen LogP contribution >= 0.6 is 0 Å². The minimum absolute atomic E-state index is 0.0533. The number of carbonyl (C=O) groups excluding carboxylic acids is 2. The molecule has 4 aliphatic carbocycles. The topological polar surface area (TPSA) is 89.5 Å². The molecule has 0 bridgehead atoms. The van der Waals surface area contributed by atoms with Crippen LogP contribution < -0.4 is 9.47 Å². The predicted octanol–water partition coefficient (Wildman–Crippen LogP) is 14.6. The van der Waals surface area contributed by atoms with Gasteiger partial charge in [0.1, 0.15) is 35.2 Å². The molecular weight excluding hydrogens is 849 g/mol. The molecule has 0 amide bonds. The van der Waals surface area contributed by atoms with Gasteiger partial charge in [0.25, 0.3) is 0 Å². The van der Waals surface area contributed by atoms with Crippen LogP contribution in [0.1, 0.15) is 155 Å². The summed E-state index contributed by atoms with van der Waals surface area (Å²) in [5, 5.41) is 0. The van der Waals surface area contributed by atoms with Crippen molar-refractivity contribution in [3.05, 3.63) is 108 Å². The molecule has 0 saturated heterocycles. The average Bonchev–Trinajstić information content (AvgIpc) is 3.86. The number of ketones is 2. The lowest BCUT2D eigenvalue weighted by molar-refractivity contribution is -0.118. The first kappa shape index (κ1) is 54.8. The maximum atomic E-state index is 12.5. The van der Waals surface area contributed by atoms with Crippen molar-refractivity contribution in [3.63, 3.8) is 0 Å². The molecule has 2 fully saturated rings. The number of hydrogen-bond donors (Lipinski definition) is 0. The van der Waals surface area contributed by atoms with Crippen molar-refractivity contribution in [1.82, 2.24) is 0 Å². The van der Waals surface area contributed by atoms with Gasteiger partial charge in [0.2, 0.25) is 0 Å². The van der Waals surface area contributed by atoms with E-state index in [0.717, 1.165) is 124 Å². The number of rotatable bonds is 26. The highest BCUT2D eigenvalue weighted by atomic mass is 16.5. The van der Waals surface area contributed by atoms with Crippen molar-refractivity contribution in [2.75, 3.05) is 27.4 Å². The quantitative estimate of drug-likeness (QED) is 0.0681. The van der Waals surface area contributed by atoms with Crippen LogP contribution in [0.15, 0.2) is 96.5 Å². The first-order valence-electron chi connectivity index (χ1n) is 26.5. The Morgan fingerprint density at radius 2 is 0.941 bits per heavy atom. The molecule has 0 heterocycles. The van der Waals surface area contributed by atoms with E-state index in [2.05, 4.69) is 65.8 Å². The Morgan fingerprint density at radius 1 is 0.544 bits per heavy atom. The second kappa shape index (κ2) is 29.8. The third-order valence-electron chi connectivity index (χ3n) is 14.7. The van der Waals surface area contributed by atoms with Gasteiger partial charge in [-0.1, -0.05) is 103 Å². The first-order valence-corrected chi connectivity index (χ1v) is 26.5. The van der Waals surface area contributed by atoms with E-state index in [9.17, 15) is 9.59 Å². The van der Waals surface area contributed by atoms with Gasteiger partial charge in [-0.15, -0.1) is 0 Å². The van der Waals surface area contributed by atoms with Gasteiger partial charge < -0.3 is 28.4 Å². The Labute approximate surface area is 411 Å². The van der Waals surface area contributed by atoms with Crippen LogP contribution in [-0.2, 0) is 41.8 Å². The SMILES string of the molecule is COc1ccc(COCCCC/C=C\C[C@@H]2CC(O[C@@H]3C[C@H](C)CC[C@H]3C(C)C)=CC2=O)cc1.COc1ccc(COCCCC/C=C\C[C@H]2CC(O[C@@H]3C[C@H](C)CC[C@H]3C(C)C)=CC2=O)cc1. The van der Waals surface area contributed by atoms with Crippen LogP contribution in [0.4, 0.5) is 0 Å². The fraction of sp³-hybridized carbons (Fsp3) is 0.633. The molecule has 6 rings (SSSR count). The molecule has 0 N–H and O–H groups in total. The number of hydrogen-bond acceptors (Lipinski definition) is 8. The molecule has 2 aromatic carbocycles. The molecule has 8 heteroatoms. The zero-order valence-electron chi connectivity index (χ0n) is 43.3. The molecule has 376 valence electrons. The predicted molar refractivity (Wildman–Crippen MR) is 275 cm³/mol. The Kier molecular flexibility index (Phi) is 24.0. The maximum absolute atomic E-state index is 12.5. The fourth-order valence-electron chi connectivity index (χ4n) is 10.3. The van der Waals surface area contributed by atoms with Gasteiger partial charge in [-0.2, -0.15) is 0 Å². The van der Waals surface area contributed by atoms with Crippen LogP contribution in [0, 0.1) is 47.3 Å². The third-order valence-corrected chi connectivity index (χ3v) is 14.7. The summed E-state index contributed by atoms with van der Waals surface area (Å²) in [6, 6.07) is 16.0. The van der Waals surface area contributed by atoms with Gasteiger partial charge >= 0.3 is 0 Å². The molecule has 8 atom stereocenters. The molecule has 4 aliphatic rings. The van der Waals surface area contributed by atoms with Crippen LogP contribution in [0.25, 0.3) is 0 Å². The molecule has 0 aliphatic heterocycles. The monoisotopic (exact) mass is 937 g/mol. The van der Waals surface area contributed by atoms with E-state index in [4.69, 9.17) is 28.4 Å². The molecule has 0 radical (unpaired) electrons. The van der Waals surface area contributed by atoms with Gasteiger partial charge in [0.15, 0.2) is 11.6 Å². The normalized spacial score (nSPS) is 25.2. The van der Waals surface area contributed by atoms with Gasteiger partial charge in [0, 0.05) is 50.0 Å². The fourth-order valence-corrected chi connectivity index (χ4v) is 10.3. The highest BCUT2D eigenvalue weighted by Crippen LogP contribution is 2.40. The standard InChI is InChI=1S/2C30H44O4/c2*1-22(2)28-16-11-23(3)18-30(28)34-27-19-25(29(31)20-27)10-8-6-5-7-9-17-33-21-24-12-14-26(32-4)15-13-24/h2*6,8,12-15,20,22-23,25,28,30H,5,7,9-11,16-19,21H2,1-4H3/b2*8-6-/t23-,25+,28+,30-;23-,25-,28+,30-/m11/s1. The lowest BCUT2D eigenvalue weighted by Crippen LogP contribution is -2.34. The van der Waals surface area contributed by atoms with E-state index >= 15 is 0 Å². The molecule has 0 unspecified atom stereocenters. The van der Waals surface area contributed by atoms with E-state index in [1.807, 2.05) is 48.5 Å². The minimum atomic E-state index is 0.0533. The summed E-state index contributed by atoms with van der Waals surface area (Å²) in [5.41, 5.74) is 2.33. The third kappa shape index (κ3) is 19.0. The van der Waals surface area contributed by atoms with Gasteiger partial charge in [-0.3, -0.25) is 9.59 Å². The second-order valence-corrected chi connectivity index (χ2v) is 21.0. The van der Waals surface area contributed by atoms with Crippen LogP contribution in [0.2, 0.25) is 0 Å². The molecule has 2 saturated carbocycles. The van der Waals surface area contributed by atoms with Crippen molar-refractivity contribution in [2.45, 2.75) is 170 Å². The first-order chi connectivity index (χ1) is 32.9. The summed E-state index contributed by atoms with van der Waals surface area (Å²) >= 11 is 0. The highest BCUT2D eigenvalue weighted by molar-refractivity contribution is 5.95. The molecule has 68 heavy (non-hydrogen) atoms. The molecular formula is C60H88O8. The Balaban J connectivity index is 0.000000254. The largest absolute Gasteiger partial charge is 0.497 e. The van der Waals surface area contributed by atoms with E-state index in [1.165, 1.54) is 25.7 Å². The van der Waals surface area contributed by atoms with Crippen LogP contribution in [0.3, 0.4) is 0 Å². The van der Waals surface area contributed by atoms with Crippen molar-refractivity contribution in [3.8, 4) is 11.5 Å². The van der Waals surface area contributed by atoms with Crippen molar-refractivity contribution < 1.29 is 38.0 Å². The van der Waals surface area contributed by atoms with E-state index < -0.39 is 0 Å². The summed E-state index contributed by atoms with van der Waals surface area (Å²) in [4.78, 5) is 25.0. The number of benzene rings is 2. The van der Waals surface area contributed by atoms with Crippen molar-refractivity contribution in [2.24, 2.45) is 47.3 Å². The van der Waals surface area contributed by atoms with Crippen LogP contribution in [0.5, 0.6) is 11.5 Å².